The number of aromatic nitrogens is 5. The molecule has 0 saturated heterocycles. The third-order valence-corrected chi connectivity index (χ3v) is 4.05. The number of benzene rings is 1. The van der Waals surface area contributed by atoms with Gasteiger partial charge in [-0.05, 0) is 36.8 Å². The quantitative estimate of drug-likeness (QED) is 0.530. The molecule has 0 amide bonds. The normalized spacial score (nSPS) is 10.8. The summed E-state index contributed by atoms with van der Waals surface area (Å²) in [6.07, 6.45) is 4.89. The van der Waals surface area contributed by atoms with Crippen molar-refractivity contribution in [1.29, 1.82) is 0 Å². The highest BCUT2D eigenvalue weighted by molar-refractivity contribution is 5.91. The highest BCUT2D eigenvalue weighted by Crippen LogP contribution is 2.31. The molecule has 3 aromatic heterocycles. The Morgan fingerprint density at radius 1 is 1.04 bits per heavy atom. The summed E-state index contributed by atoms with van der Waals surface area (Å²) < 4.78 is 0. The number of nitrogens with one attached hydrogen (secondary N) is 3. The number of fused-ring (bicyclic) bond motifs is 1. The Balaban J connectivity index is 1.79. The Morgan fingerprint density at radius 3 is 2.84 bits per heavy atom. The largest absolute Gasteiger partial charge is 0.388 e. The van der Waals surface area contributed by atoms with Gasteiger partial charge in [0.25, 0.3) is 0 Å². The molecule has 0 aliphatic carbocycles. The van der Waals surface area contributed by atoms with Gasteiger partial charge in [0.1, 0.15) is 23.4 Å². The number of aryl methyl sites for hydroxylation is 1. The van der Waals surface area contributed by atoms with Crippen LogP contribution in [0.15, 0.2) is 49.2 Å². The summed E-state index contributed by atoms with van der Waals surface area (Å²) in [4.78, 5) is 20.4. The minimum Gasteiger partial charge on any atom is -0.388 e. The van der Waals surface area contributed by atoms with Crippen molar-refractivity contribution >= 4 is 28.4 Å². The number of H-pyrrole nitrogens is 1. The van der Waals surface area contributed by atoms with Crippen molar-refractivity contribution in [3.63, 3.8) is 0 Å². The van der Waals surface area contributed by atoms with Crippen molar-refractivity contribution in [1.82, 2.24) is 24.9 Å². The zero-order chi connectivity index (χ0) is 17.2. The van der Waals surface area contributed by atoms with Gasteiger partial charge in [0.2, 0.25) is 0 Å². The second kappa shape index (κ2) is 6.20. The van der Waals surface area contributed by atoms with E-state index >= 15 is 0 Å². The van der Waals surface area contributed by atoms with Gasteiger partial charge in [-0.1, -0.05) is 6.07 Å². The van der Waals surface area contributed by atoms with E-state index in [-0.39, 0.29) is 0 Å². The second-order valence-corrected chi connectivity index (χ2v) is 5.63. The maximum absolute atomic E-state index is 4.49. The predicted molar refractivity (Wildman–Crippen MR) is 98.9 cm³/mol. The van der Waals surface area contributed by atoms with Gasteiger partial charge < -0.3 is 15.6 Å². The van der Waals surface area contributed by atoms with Crippen LogP contribution in [0.5, 0.6) is 0 Å². The minimum absolute atomic E-state index is 0.701. The van der Waals surface area contributed by atoms with Crippen molar-refractivity contribution < 1.29 is 0 Å². The van der Waals surface area contributed by atoms with Crippen molar-refractivity contribution in [3.05, 3.63) is 54.7 Å². The average molecular weight is 331 g/mol. The lowest BCUT2D eigenvalue weighted by atomic mass is 10.1. The Bertz CT molecular complexity index is 1040. The van der Waals surface area contributed by atoms with E-state index in [0.29, 0.717) is 5.65 Å². The molecule has 0 atom stereocenters. The number of hydrogen-bond acceptors (Lipinski definition) is 6. The number of pyridine rings is 1. The van der Waals surface area contributed by atoms with E-state index in [1.54, 1.807) is 12.5 Å². The topological polar surface area (TPSA) is 91.4 Å². The zero-order valence-corrected chi connectivity index (χ0v) is 13.9. The molecule has 3 heterocycles. The number of anilines is 3. The first-order valence-corrected chi connectivity index (χ1v) is 7.91. The molecule has 25 heavy (non-hydrogen) atoms. The fraction of sp³-hybridized carbons (Fsp3) is 0.111. The molecule has 0 fully saturated rings. The molecule has 0 aliphatic heterocycles. The van der Waals surface area contributed by atoms with Crippen LogP contribution in [0, 0.1) is 6.92 Å². The molecule has 4 aromatic rings. The van der Waals surface area contributed by atoms with Crippen molar-refractivity contribution in [2.45, 2.75) is 6.92 Å². The molecule has 0 radical (unpaired) electrons. The van der Waals surface area contributed by atoms with E-state index in [4.69, 9.17) is 0 Å². The van der Waals surface area contributed by atoms with E-state index in [1.165, 1.54) is 11.9 Å². The summed E-state index contributed by atoms with van der Waals surface area (Å²) in [5.74, 6) is 0.719. The molecule has 7 nitrogen and oxygen atoms in total. The molecule has 0 unspecified atom stereocenters. The Kier molecular flexibility index (Phi) is 3.74. The smallest absolute Gasteiger partial charge is 0.161 e. The van der Waals surface area contributed by atoms with E-state index < -0.39 is 0 Å². The Morgan fingerprint density at radius 2 is 1.96 bits per heavy atom. The first kappa shape index (κ1) is 15.1. The molecule has 1 aromatic carbocycles. The standard InChI is InChI=1S/C18H17N7/c1-11-5-6-12(8-14(11)19-2)25-17-13(4-3-7-20-17)15-16-18(23-9-21-15)24-10-22-16/h3-10,19H,1-2H3,(H,20,25)(H,21,22,23,24). The van der Waals surface area contributed by atoms with E-state index in [9.17, 15) is 0 Å². The summed E-state index contributed by atoms with van der Waals surface area (Å²) in [5.41, 5.74) is 6.23. The van der Waals surface area contributed by atoms with Crippen LogP contribution in [0.4, 0.5) is 17.2 Å². The van der Waals surface area contributed by atoms with Crippen LogP contribution in [-0.4, -0.2) is 32.0 Å². The first-order valence-electron chi connectivity index (χ1n) is 7.91. The second-order valence-electron chi connectivity index (χ2n) is 5.63. The molecule has 124 valence electrons. The van der Waals surface area contributed by atoms with Gasteiger partial charge in [0.05, 0.1) is 6.33 Å². The van der Waals surface area contributed by atoms with Crippen molar-refractivity contribution in [2.24, 2.45) is 0 Å². The summed E-state index contributed by atoms with van der Waals surface area (Å²) in [5, 5.41) is 6.57. The number of nitrogens with zero attached hydrogens (tertiary/aromatic N) is 4. The molecule has 3 N–H and O–H groups in total. The van der Waals surface area contributed by atoms with Crippen molar-refractivity contribution in [2.75, 3.05) is 17.7 Å². The van der Waals surface area contributed by atoms with Crippen LogP contribution in [-0.2, 0) is 0 Å². The molecule has 0 spiro atoms. The molecule has 7 heteroatoms. The van der Waals surface area contributed by atoms with Gasteiger partial charge in [-0.2, -0.15) is 0 Å². The fourth-order valence-corrected chi connectivity index (χ4v) is 2.76. The highest BCUT2D eigenvalue weighted by atomic mass is 15.0. The number of rotatable bonds is 4. The summed E-state index contributed by atoms with van der Waals surface area (Å²) in [7, 11) is 1.91. The molecule has 0 saturated carbocycles. The van der Waals surface area contributed by atoms with Crippen LogP contribution in [0.25, 0.3) is 22.4 Å². The predicted octanol–water partition coefficient (Wildman–Crippen LogP) is 3.51. The van der Waals surface area contributed by atoms with Gasteiger partial charge in [0, 0.05) is 30.2 Å². The van der Waals surface area contributed by atoms with E-state index in [0.717, 1.165) is 34.0 Å². The number of hydrogen-bond donors (Lipinski definition) is 3. The molecule has 0 aliphatic rings. The Labute approximate surface area is 144 Å². The van der Waals surface area contributed by atoms with E-state index in [2.05, 4.69) is 54.6 Å². The summed E-state index contributed by atoms with van der Waals surface area (Å²) >= 11 is 0. The lowest BCUT2D eigenvalue weighted by Crippen LogP contribution is -1.99. The summed E-state index contributed by atoms with van der Waals surface area (Å²) in [6, 6.07) is 10.00. The molecular formula is C18H17N7. The number of aromatic amines is 1. The lowest BCUT2D eigenvalue weighted by Gasteiger charge is -2.13. The third kappa shape index (κ3) is 2.76. The monoisotopic (exact) mass is 331 g/mol. The van der Waals surface area contributed by atoms with E-state index in [1.807, 2.05) is 25.2 Å². The van der Waals surface area contributed by atoms with Gasteiger partial charge in [-0.15, -0.1) is 0 Å². The van der Waals surface area contributed by atoms with Gasteiger partial charge >= 0.3 is 0 Å². The van der Waals surface area contributed by atoms with Crippen LogP contribution in [0.3, 0.4) is 0 Å². The highest BCUT2D eigenvalue weighted by Gasteiger charge is 2.13. The number of imidazole rings is 1. The van der Waals surface area contributed by atoms with Gasteiger partial charge in [-0.3, -0.25) is 0 Å². The fourth-order valence-electron chi connectivity index (χ4n) is 2.76. The zero-order valence-electron chi connectivity index (χ0n) is 13.9. The SMILES string of the molecule is CNc1cc(Nc2ncccc2-c2ncnc3[nH]cnc23)ccc1C. The Hall–Kier alpha value is -3.48. The van der Waals surface area contributed by atoms with Gasteiger partial charge in [0.15, 0.2) is 5.65 Å². The first-order chi connectivity index (χ1) is 12.3. The van der Waals surface area contributed by atoms with Crippen LogP contribution in [0.2, 0.25) is 0 Å². The van der Waals surface area contributed by atoms with Crippen molar-refractivity contribution in [3.8, 4) is 11.3 Å². The maximum atomic E-state index is 4.49. The van der Waals surface area contributed by atoms with Gasteiger partial charge in [-0.25, -0.2) is 19.9 Å². The lowest BCUT2D eigenvalue weighted by molar-refractivity contribution is 1.19. The third-order valence-electron chi connectivity index (χ3n) is 4.05. The molecule has 0 bridgehead atoms. The van der Waals surface area contributed by atoms with Crippen LogP contribution >= 0.6 is 0 Å². The van der Waals surface area contributed by atoms with Crippen LogP contribution in [0.1, 0.15) is 5.56 Å². The molecule has 4 rings (SSSR count). The minimum atomic E-state index is 0.701. The molecular weight excluding hydrogens is 314 g/mol. The average Bonchev–Trinajstić information content (AvgIpc) is 3.12. The summed E-state index contributed by atoms with van der Waals surface area (Å²) in [6.45, 7) is 2.07. The maximum Gasteiger partial charge on any atom is 0.161 e. The van der Waals surface area contributed by atoms with Crippen LogP contribution < -0.4 is 10.6 Å².